The first-order valence-electron chi connectivity index (χ1n) is 6.13. The Morgan fingerprint density at radius 1 is 0.950 bits per heavy atom. The topological polar surface area (TPSA) is 61.7 Å². The van der Waals surface area contributed by atoms with Gasteiger partial charge < -0.3 is 4.74 Å². The highest BCUT2D eigenvalue weighted by Gasteiger charge is 2.07. The molecule has 0 spiro atoms. The normalized spacial score (nSPS) is 9.95. The molecule has 20 heavy (non-hydrogen) atoms. The van der Waals surface area contributed by atoms with Gasteiger partial charge in [0.2, 0.25) is 0 Å². The smallest absolute Gasteiger partial charge is 0.127 e. The molecular weight excluding hydrogens is 250 g/mol. The maximum atomic E-state index is 8.98. The minimum atomic E-state index is 0.529. The Labute approximate surface area is 116 Å². The summed E-state index contributed by atoms with van der Waals surface area (Å²) in [5, 5.41) is 15.7. The van der Waals surface area contributed by atoms with Crippen LogP contribution in [0.2, 0.25) is 0 Å². The third kappa shape index (κ3) is 2.38. The van der Waals surface area contributed by atoms with E-state index in [2.05, 4.69) is 16.3 Å². The molecule has 3 rings (SSSR count). The van der Waals surface area contributed by atoms with E-state index in [9.17, 15) is 0 Å². The summed E-state index contributed by atoms with van der Waals surface area (Å²) in [6.07, 6.45) is 1.52. The van der Waals surface area contributed by atoms with Crippen LogP contribution in [0.3, 0.4) is 0 Å². The van der Waals surface area contributed by atoms with Crippen LogP contribution in [-0.4, -0.2) is 10.2 Å². The van der Waals surface area contributed by atoms with Crippen molar-refractivity contribution in [3.63, 3.8) is 0 Å². The van der Waals surface area contributed by atoms with E-state index in [0.29, 0.717) is 5.56 Å². The van der Waals surface area contributed by atoms with Crippen molar-refractivity contribution in [3.05, 3.63) is 66.4 Å². The maximum absolute atomic E-state index is 8.98. The van der Waals surface area contributed by atoms with Gasteiger partial charge in [-0.25, -0.2) is 0 Å². The number of benzene rings is 2. The summed E-state index contributed by atoms with van der Waals surface area (Å²) < 4.78 is 5.72. The number of ether oxygens (including phenoxy) is 1. The van der Waals surface area contributed by atoms with Crippen LogP contribution in [-0.2, 0) is 0 Å². The minimum Gasteiger partial charge on any atom is -0.457 e. The average Bonchev–Trinajstić information content (AvgIpc) is 2.98. The third-order valence-electron chi connectivity index (χ3n) is 2.88. The summed E-state index contributed by atoms with van der Waals surface area (Å²) in [6, 6.07) is 19.2. The molecule has 0 aliphatic heterocycles. The highest BCUT2D eigenvalue weighted by Crippen LogP contribution is 2.26. The number of rotatable bonds is 3. The molecule has 1 aromatic heterocycles. The standard InChI is InChI=1S/C16H11N3O/c17-10-13-11-18-19-16(13)12-6-8-15(9-7-12)20-14-4-2-1-3-5-14/h1-9,11H,(H,18,19). The molecule has 96 valence electrons. The molecule has 0 aliphatic rings. The second-order valence-corrected chi connectivity index (χ2v) is 4.21. The van der Waals surface area contributed by atoms with Crippen molar-refractivity contribution in [2.75, 3.05) is 0 Å². The SMILES string of the molecule is N#Cc1cn[nH]c1-c1ccc(Oc2ccccc2)cc1. The molecule has 0 saturated carbocycles. The number of hydrogen-bond acceptors (Lipinski definition) is 3. The van der Waals surface area contributed by atoms with Crippen molar-refractivity contribution >= 4 is 0 Å². The monoisotopic (exact) mass is 261 g/mol. The fourth-order valence-electron chi connectivity index (χ4n) is 1.91. The Bertz CT molecular complexity index is 739. The molecule has 1 heterocycles. The molecule has 0 amide bonds. The Balaban J connectivity index is 1.84. The summed E-state index contributed by atoms with van der Waals surface area (Å²) >= 11 is 0. The summed E-state index contributed by atoms with van der Waals surface area (Å²) in [6.45, 7) is 0. The summed E-state index contributed by atoms with van der Waals surface area (Å²) in [4.78, 5) is 0. The molecule has 0 bridgehead atoms. The number of H-pyrrole nitrogens is 1. The van der Waals surface area contributed by atoms with E-state index in [1.54, 1.807) is 0 Å². The van der Waals surface area contributed by atoms with Gasteiger partial charge in [-0.1, -0.05) is 18.2 Å². The molecule has 0 radical (unpaired) electrons. The first-order valence-corrected chi connectivity index (χ1v) is 6.13. The predicted octanol–water partition coefficient (Wildman–Crippen LogP) is 3.74. The second-order valence-electron chi connectivity index (χ2n) is 4.21. The van der Waals surface area contributed by atoms with Gasteiger partial charge in [0.15, 0.2) is 0 Å². The lowest BCUT2D eigenvalue weighted by molar-refractivity contribution is 0.483. The van der Waals surface area contributed by atoms with Crippen molar-refractivity contribution in [3.8, 4) is 28.8 Å². The van der Waals surface area contributed by atoms with Gasteiger partial charge in [0.1, 0.15) is 17.6 Å². The minimum absolute atomic E-state index is 0.529. The van der Waals surface area contributed by atoms with E-state index in [0.717, 1.165) is 22.8 Å². The molecule has 0 unspecified atom stereocenters. The van der Waals surface area contributed by atoms with E-state index in [1.807, 2.05) is 54.6 Å². The lowest BCUT2D eigenvalue weighted by atomic mass is 10.1. The fourth-order valence-corrected chi connectivity index (χ4v) is 1.91. The van der Waals surface area contributed by atoms with Crippen LogP contribution >= 0.6 is 0 Å². The van der Waals surface area contributed by atoms with Crippen molar-refractivity contribution in [2.45, 2.75) is 0 Å². The molecule has 0 aliphatic carbocycles. The fraction of sp³-hybridized carbons (Fsp3) is 0. The largest absolute Gasteiger partial charge is 0.457 e. The lowest BCUT2D eigenvalue weighted by Gasteiger charge is -2.06. The van der Waals surface area contributed by atoms with Gasteiger partial charge in [-0.3, -0.25) is 5.10 Å². The van der Waals surface area contributed by atoms with Crippen LogP contribution in [0, 0.1) is 11.3 Å². The van der Waals surface area contributed by atoms with Crippen molar-refractivity contribution in [1.82, 2.24) is 10.2 Å². The molecule has 1 N–H and O–H groups in total. The number of aromatic amines is 1. The van der Waals surface area contributed by atoms with Crippen LogP contribution in [0.4, 0.5) is 0 Å². The molecule has 0 atom stereocenters. The van der Waals surface area contributed by atoms with E-state index in [4.69, 9.17) is 10.00 Å². The lowest BCUT2D eigenvalue weighted by Crippen LogP contribution is -1.85. The second kappa shape index (κ2) is 5.29. The summed E-state index contributed by atoms with van der Waals surface area (Å²) in [5.74, 6) is 1.54. The molecule has 0 fully saturated rings. The van der Waals surface area contributed by atoms with E-state index < -0.39 is 0 Å². The molecular formula is C16H11N3O. The van der Waals surface area contributed by atoms with E-state index in [1.165, 1.54) is 6.20 Å². The molecule has 0 saturated heterocycles. The number of hydrogen-bond donors (Lipinski definition) is 1. The Kier molecular flexibility index (Phi) is 3.17. The summed E-state index contributed by atoms with van der Waals surface area (Å²) in [5.41, 5.74) is 2.15. The van der Waals surface area contributed by atoms with Gasteiger partial charge in [0.05, 0.1) is 17.5 Å². The zero-order valence-corrected chi connectivity index (χ0v) is 10.6. The summed E-state index contributed by atoms with van der Waals surface area (Å²) in [7, 11) is 0. The highest BCUT2D eigenvalue weighted by atomic mass is 16.5. The van der Waals surface area contributed by atoms with E-state index in [-0.39, 0.29) is 0 Å². The van der Waals surface area contributed by atoms with Gasteiger partial charge in [0.25, 0.3) is 0 Å². The Morgan fingerprint density at radius 3 is 2.35 bits per heavy atom. The zero-order valence-electron chi connectivity index (χ0n) is 10.6. The number of nitrogens with one attached hydrogen (secondary N) is 1. The van der Waals surface area contributed by atoms with Crippen LogP contribution in [0.15, 0.2) is 60.8 Å². The third-order valence-corrected chi connectivity index (χ3v) is 2.88. The number of para-hydroxylation sites is 1. The predicted molar refractivity (Wildman–Crippen MR) is 75.3 cm³/mol. The van der Waals surface area contributed by atoms with Gasteiger partial charge in [-0.15, -0.1) is 0 Å². The molecule has 3 aromatic rings. The average molecular weight is 261 g/mol. The molecule has 2 aromatic carbocycles. The van der Waals surface area contributed by atoms with Crippen molar-refractivity contribution < 1.29 is 4.74 Å². The van der Waals surface area contributed by atoms with Crippen LogP contribution in [0.5, 0.6) is 11.5 Å². The first-order chi connectivity index (χ1) is 9.86. The van der Waals surface area contributed by atoms with Crippen LogP contribution in [0.1, 0.15) is 5.56 Å². The van der Waals surface area contributed by atoms with Gasteiger partial charge >= 0.3 is 0 Å². The van der Waals surface area contributed by atoms with Gasteiger partial charge in [-0.05, 0) is 36.4 Å². The first kappa shape index (κ1) is 12.0. The molecule has 4 nitrogen and oxygen atoms in total. The van der Waals surface area contributed by atoms with Gasteiger partial charge in [-0.2, -0.15) is 10.4 Å². The number of nitrogens with zero attached hydrogens (tertiary/aromatic N) is 2. The van der Waals surface area contributed by atoms with Gasteiger partial charge in [0, 0.05) is 5.56 Å². The van der Waals surface area contributed by atoms with Crippen molar-refractivity contribution in [2.24, 2.45) is 0 Å². The quantitative estimate of drug-likeness (QED) is 0.781. The van der Waals surface area contributed by atoms with Crippen LogP contribution in [0.25, 0.3) is 11.3 Å². The number of nitriles is 1. The van der Waals surface area contributed by atoms with Crippen molar-refractivity contribution in [1.29, 1.82) is 5.26 Å². The van der Waals surface area contributed by atoms with Crippen LogP contribution < -0.4 is 4.74 Å². The Morgan fingerprint density at radius 2 is 1.65 bits per heavy atom. The van der Waals surface area contributed by atoms with E-state index >= 15 is 0 Å². The Hall–Kier alpha value is -3.06. The number of aromatic nitrogens is 2. The zero-order chi connectivity index (χ0) is 13.8. The molecule has 4 heteroatoms. The highest BCUT2D eigenvalue weighted by molar-refractivity contribution is 5.66. The maximum Gasteiger partial charge on any atom is 0.127 e.